The number of carbonyl (C=O) groups is 2. The predicted octanol–water partition coefficient (Wildman–Crippen LogP) is 4.85. The van der Waals surface area contributed by atoms with Gasteiger partial charge in [0.1, 0.15) is 11.7 Å². The standard InChI is InChI=1S/C25H20Cl3N5O4S2/c26-16-8-6-15(7-9-16)10-20(23(29)34)30-25(35)17-12-18(27)19(28)13-22(17)33(39(36)37)24-21(31-38-32-24)11-14-4-2-1-3-5-14/h1-9,12-13,20H,10-11H2,(H2,29,34)(H,30,35)(H,36,37)/p-1. The summed E-state index contributed by atoms with van der Waals surface area (Å²) >= 11 is 16.2. The highest BCUT2D eigenvalue weighted by atomic mass is 35.5. The Kier molecular flexibility index (Phi) is 9.54. The Morgan fingerprint density at radius 2 is 1.67 bits per heavy atom. The molecule has 4 rings (SSSR count). The minimum Gasteiger partial charge on any atom is -0.755 e. The average molecular weight is 624 g/mol. The second-order valence-corrected chi connectivity index (χ2v) is 10.8. The normalized spacial score (nSPS) is 12.5. The number of hydrogen-bond donors (Lipinski definition) is 2. The van der Waals surface area contributed by atoms with Crippen LogP contribution >= 0.6 is 46.5 Å². The quantitative estimate of drug-likeness (QED) is 0.242. The van der Waals surface area contributed by atoms with Crippen molar-refractivity contribution >= 4 is 81.1 Å². The highest BCUT2D eigenvalue weighted by Crippen LogP contribution is 2.37. The van der Waals surface area contributed by atoms with Gasteiger partial charge in [0.05, 0.1) is 44.3 Å². The van der Waals surface area contributed by atoms with Crippen LogP contribution in [0, 0.1) is 0 Å². The molecule has 2 unspecified atom stereocenters. The number of nitrogens with zero attached hydrogens (tertiary/aromatic N) is 3. The second-order valence-electron chi connectivity index (χ2n) is 8.25. The van der Waals surface area contributed by atoms with E-state index in [1.54, 1.807) is 24.3 Å². The first kappa shape index (κ1) is 28.9. The molecule has 0 saturated heterocycles. The van der Waals surface area contributed by atoms with Crippen molar-refractivity contribution < 1.29 is 18.4 Å². The van der Waals surface area contributed by atoms with Gasteiger partial charge in [0.15, 0.2) is 5.82 Å². The minimum absolute atomic E-state index is 0.000852. The lowest BCUT2D eigenvalue weighted by Gasteiger charge is -2.27. The van der Waals surface area contributed by atoms with Crippen molar-refractivity contribution in [3.05, 3.63) is 104 Å². The average Bonchev–Trinajstić information content (AvgIpc) is 3.34. The molecule has 2 atom stereocenters. The first-order chi connectivity index (χ1) is 18.6. The molecule has 3 aromatic carbocycles. The number of aromatic nitrogens is 2. The zero-order chi connectivity index (χ0) is 28.1. The molecule has 1 aromatic heterocycles. The minimum atomic E-state index is -2.95. The first-order valence-electron chi connectivity index (χ1n) is 11.2. The Bertz CT molecular complexity index is 1520. The monoisotopic (exact) mass is 622 g/mol. The van der Waals surface area contributed by atoms with Crippen LogP contribution in [0.4, 0.5) is 11.5 Å². The zero-order valence-electron chi connectivity index (χ0n) is 19.8. The molecule has 0 aliphatic carbocycles. The molecule has 0 bridgehead atoms. The van der Waals surface area contributed by atoms with Crippen LogP contribution in [-0.4, -0.2) is 35.4 Å². The highest BCUT2D eigenvalue weighted by molar-refractivity contribution is 7.81. The molecule has 0 fully saturated rings. The lowest BCUT2D eigenvalue weighted by Crippen LogP contribution is -2.46. The number of anilines is 2. The fraction of sp³-hybridized carbons (Fsp3) is 0.120. The summed E-state index contributed by atoms with van der Waals surface area (Å²) in [6.45, 7) is 0. The number of amides is 2. The van der Waals surface area contributed by atoms with E-state index in [-0.39, 0.29) is 40.0 Å². The molecule has 39 heavy (non-hydrogen) atoms. The summed E-state index contributed by atoms with van der Waals surface area (Å²) in [5, 5.41) is 3.07. The third-order valence-corrected chi connectivity index (χ3v) is 7.79. The van der Waals surface area contributed by atoms with Gasteiger partial charge in [-0.25, -0.2) is 0 Å². The molecular weight excluding hydrogens is 605 g/mol. The van der Waals surface area contributed by atoms with Gasteiger partial charge in [0.25, 0.3) is 5.91 Å². The number of nitrogens with one attached hydrogen (secondary N) is 1. The van der Waals surface area contributed by atoms with Gasteiger partial charge >= 0.3 is 0 Å². The Balaban J connectivity index is 1.71. The van der Waals surface area contributed by atoms with Crippen LogP contribution in [-0.2, 0) is 28.9 Å². The van der Waals surface area contributed by atoms with Gasteiger partial charge < -0.3 is 15.6 Å². The molecule has 14 heteroatoms. The third-order valence-electron chi connectivity index (χ3n) is 5.60. The Hall–Kier alpha value is -3.06. The second kappa shape index (κ2) is 12.9. The van der Waals surface area contributed by atoms with Crippen molar-refractivity contribution in [2.75, 3.05) is 4.31 Å². The summed E-state index contributed by atoms with van der Waals surface area (Å²) in [7, 11) is 0. The zero-order valence-corrected chi connectivity index (χ0v) is 23.7. The van der Waals surface area contributed by atoms with Crippen molar-refractivity contribution in [1.29, 1.82) is 0 Å². The van der Waals surface area contributed by atoms with Crippen LogP contribution in [0.2, 0.25) is 15.1 Å². The molecule has 4 aromatic rings. The number of rotatable bonds is 10. The summed E-state index contributed by atoms with van der Waals surface area (Å²) < 4.78 is 34.4. The molecule has 2 amide bonds. The number of nitrogens with two attached hydrogens (primary N) is 1. The van der Waals surface area contributed by atoms with Gasteiger partial charge in [0.2, 0.25) is 5.91 Å². The molecule has 0 saturated carbocycles. The largest absolute Gasteiger partial charge is 0.755 e. The Morgan fingerprint density at radius 1 is 1.00 bits per heavy atom. The maximum atomic E-state index is 13.5. The van der Waals surface area contributed by atoms with Crippen LogP contribution < -0.4 is 15.4 Å². The van der Waals surface area contributed by atoms with Crippen molar-refractivity contribution in [1.82, 2.24) is 14.1 Å². The number of benzene rings is 3. The molecule has 0 radical (unpaired) electrons. The van der Waals surface area contributed by atoms with E-state index in [4.69, 9.17) is 40.5 Å². The third kappa shape index (κ3) is 7.13. The van der Waals surface area contributed by atoms with Gasteiger partial charge in [-0.2, -0.15) is 8.75 Å². The summed E-state index contributed by atoms with van der Waals surface area (Å²) in [6.07, 6.45) is 0.359. The van der Waals surface area contributed by atoms with E-state index in [0.717, 1.165) is 21.6 Å². The van der Waals surface area contributed by atoms with Gasteiger partial charge in [0, 0.05) is 17.9 Å². The van der Waals surface area contributed by atoms with Crippen molar-refractivity contribution in [3.8, 4) is 0 Å². The summed E-state index contributed by atoms with van der Waals surface area (Å²) in [6, 6.07) is 17.3. The topological polar surface area (TPSA) is 141 Å². The Morgan fingerprint density at radius 3 is 2.31 bits per heavy atom. The van der Waals surface area contributed by atoms with Gasteiger partial charge in [-0.3, -0.25) is 18.1 Å². The lowest BCUT2D eigenvalue weighted by molar-refractivity contribution is -0.119. The molecule has 0 aliphatic heterocycles. The van der Waals surface area contributed by atoms with E-state index in [2.05, 4.69) is 14.1 Å². The summed E-state index contributed by atoms with van der Waals surface area (Å²) in [4.78, 5) is 25.7. The lowest BCUT2D eigenvalue weighted by atomic mass is 10.0. The molecule has 9 nitrogen and oxygen atoms in total. The van der Waals surface area contributed by atoms with E-state index in [9.17, 15) is 18.4 Å². The molecule has 0 spiro atoms. The first-order valence-corrected chi connectivity index (χ1v) is 14.1. The van der Waals surface area contributed by atoms with Gasteiger partial charge in [-0.1, -0.05) is 77.3 Å². The summed E-state index contributed by atoms with van der Waals surface area (Å²) in [5.41, 5.74) is 7.19. The van der Waals surface area contributed by atoms with Gasteiger partial charge in [-0.05, 0) is 35.4 Å². The smallest absolute Gasteiger partial charge is 0.254 e. The predicted molar refractivity (Wildman–Crippen MR) is 152 cm³/mol. The van der Waals surface area contributed by atoms with Crippen LogP contribution in [0.1, 0.15) is 27.2 Å². The fourth-order valence-electron chi connectivity index (χ4n) is 3.72. The summed E-state index contributed by atoms with van der Waals surface area (Å²) in [5.74, 6) is -1.60. The Labute approximate surface area is 245 Å². The van der Waals surface area contributed by atoms with Crippen LogP contribution in [0.3, 0.4) is 0 Å². The fourth-order valence-corrected chi connectivity index (χ4v) is 5.37. The maximum absolute atomic E-state index is 13.5. The van der Waals surface area contributed by atoms with Crippen LogP contribution in [0.15, 0.2) is 66.7 Å². The van der Waals surface area contributed by atoms with Crippen molar-refractivity contribution in [2.45, 2.75) is 18.9 Å². The number of carbonyl (C=O) groups excluding carboxylic acids is 2. The van der Waals surface area contributed by atoms with Crippen molar-refractivity contribution in [2.24, 2.45) is 5.73 Å². The number of halogens is 3. The molecule has 202 valence electrons. The van der Waals surface area contributed by atoms with Crippen LogP contribution in [0.5, 0.6) is 0 Å². The van der Waals surface area contributed by atoms with E-state index >= 15 is 0 Å². The van der Waals surface area contributed by atoms with E-state index in [1.807, 2.05) is 30.3 Å². The number of hydrogen-bond acceptors (Lipinski definition) is 7. The molecule has 3 N–H and O–H groups in total. The van der Waals surface area contributed by atoms with Gasteiger partial charge in [-0.15, -0.1) is 0 Å². The van der Waals surface area contributed by atoms with E-state index in [1.165, 1.54) is 12.1 Å². The van der Waals surface area contributed by atoms with Crippen molar-refractivity contribution in [3.63, 3.8) is 0 Å². The highest BCUT2D eigenvalue weighted by Gasteiger charge is 2.28. The molecule has 0 aliphatic rings. The molecule has 1 heterocycles. The van der Waals surface area contributed by atoms with E-state index in [0.29, 0.717) is 16.3 Å². The SMILES string of the molecule is NC(=O)C(Cc1ccc(Cl)cc1)NC(=O)c1cc(Cl)c(Cl)cc1N(c1nsnc1Cc1ccccc1)S(=O)[O-]. The molecular formula is C25H19Cl3N5O4S2-. The van der Waals surface area contributed by atoms with Crippen LogP contribution in [0.25, 0.3) is 0 Å². The maximum Gasteiger partial charge on any atom is 0.254 e. The number of primary amides is 1. The van der Waals surface area contributed by atoms with E-state index < -0.39 is 29.1 Å².